The summed E-state index contributed by atoms with van der Waals surface area (Å²) in [5.41, 5.74) is 0.411. The van der Waals surface area contributed by atoms with E-state index in [0.29, 0.717) is 10.6 Å². The highest BCUT2D eigenvalue weighted by Gasteiger charge is 2.10. The maximum absolute atomic E-state index is 13.3. The molecule has 0 aromatic heterocycles. The molecule has 0 bridgehead atoms. The molecule has 0 saturated carbocycles. The van der Waals surface area contributed by atoms with E-state index in [-0.39, 0.29) is 5.56 Å². The predicted molar refractivity (Wildman–Crippen MR) is 55.6 cm³/mol. The fraction of sp³-hybridized carbons (Fsp3) is 0. The first-order valence-corrected chi connectivity index (χ1v) is 4.67. The van der Waals surface area contributed by atoms with Gasteiger partial charge in [-0.2, -0.15) is 0 Å². The molecule has 0 N–H and O–H groups in total. The molecule has 0 spiro atoms. The summed E-state index contributed by atoms with van der Waals surface area (Å²) in [5, 5.41) is 0.530. The quantitative estimate of drug-likeness (QED) is 0.683. The van der Waals surface area contributed by atoms with Crippen molar-refractivity contribution in [2.24, 2.45) is 0 Å². The fourth-order valence-corrected chi connectivity index (χ4v) is 1.46. The van der Waals surface area contributed by atoms with Crippen LogP contribution in [0.15, 0.2) is 36.4 Å². The van der Waals surface area contributed by atoms with Crippen LogP contribution in [0.5, 0.6) is 0 Å². The first-order chi connectivity index (χ1) is 7.18. The van der Waals surface area contributed by atoms with E-state index in [1.165, 1.54) is 0 Å². The second-order valence-corrected chi connectivity index (χ2v) is 3.47. The van der Waals surface area contributed by atoms with Crippen molar-refractivity contribution in [1.29, 1.82) is 0 Å². The Labute approximate surface area is 91.1 Å². The number of hydrogen-bond acceptors (Lipinski definition) is 0. The zero-order valence-electron chi connectivity index (χ0n) is 7.60. The highest BCUT2D eigenvalue weighted by atomic mass is 35.5. The van der Waals surface area contributed by atoms with Crippen molar-refractivity contribution in [3.8, 4) is 11.1 Å². The van der Waals surface area contributed by atoms with Crippen molar-refractivity contribution in [3.63, 3.8) is 0 Å². The van der Waals surface area contributed by atoms with Crippen molar-refractivity contribution >= 4 is 11.6 Å². The monoisotopic (exact) mass is 223 g/mol. The summed E-state index contributed by atoms with van der Waals surface area (Å²) in [5.74, 6) is -1.25. The minimum absolute atomic E-state index is 0.0505. The minimum atomic E-state index is -0.627. The van der Waals surface area contributed by atoms with Crippen molar-refractivity contribution in [2.45, 2.75) is 0 Å². The average Bonchev–Trinajstić information content (AvgIpc) is 2.20. The Morgan fingerprint density at radius 1 is 0.933 bits per heavy atom. The average molecular weight is 224 g/mol. The van der Waals surface area contributed by atoms with Crippen LogP contribution in [0, 0.1) is 17.7 Å². The van der Waals surface area contributed by atoms with Crippen LogP contribution in [0.1, 0.15) is 0 Å². The van der Waals surface area contributed by atoms with Gasteiger partial charge in [0.2, 0.25) is 0 Å². The molecule has 0 saturated heterocycles. The van der Waals surface area contributed by atoms with Crippen LogP contribution in [0.3, 0.4) is 0 Å². The topological polar surface area (TPSA) is 0 Å². The van der Waals surface area contributed by atoms with Gasteiger partial charge in [0, 0.05) is 5.02 Å². The molecule has 2 aromatic carbocycles. The van der Waals surface area contributed by atoms with Gasteiger partial charge in [-0.1, -0.05) is 23.7 Å². The summed E-state index contributed by atoms with van der Waals surface area (Å²) >= 11 is 5.69. The largest absolute Gasteiger partial charge is 0.206 e. The molecule has 0 aliphatic rings. The smallest absolute Gasteiger partial charge is 0.134 e. The summed E-state index contributed by atoms with van der Waals surface area (Å²) < 4.78 is 26.7. The van der Waals surface area contributed by atoms with Crippen LogP contribution in [0.25, 0.3) is 11.1 Å². The summed E-state index contributed by atoms with van der Waals surface area (Å²) in [4.78, 5) is 0. The van der Waals surface area contributed by atoms with Gasteiger partial charge in [0.25, 0.3) is 0 Å². The zero-order valence-corrected chi connectivity index (χ0v) is 8.35. The van der Waals surface area contributed by atoms with Crippen LogP contribution < -0.4 is 0 Å². The Morgan fingerprint density at radius 3 is 2.00 bits per heavy atom. The first kappa shape index (κ1) is 10.1. The summed E-state index contributed by atoms with van der Waals surface area (Å²) in [6.07, 6.45) is 0. The van der Waals surface area contributed by atoms with Crippen LogP contribution in [-0.4, -0.2) is 0 Å². The van der Waals surface area contributed by atoms with Crippen LogP contribution >= 0.6 is 11.6 Å². The molecule has 0 heterocycles. The first-order valence-electron chi connectivity index (χ1n) is 4.29. The molecule has 2 aromatic rings. The maximum atomic E-state index is 13.3. The summed E-state index contributed by atoms with van der Waals surface area (Å²) in [6.45, 7) is 0. The van der Waals surface area contributed by atoms with Gasteiger partial charge < -0.3 is 0 Å². The van der Waals surface area contributed by atoms with Crippen LogP contribution in [0.2, 0.25) is 5.02 Å². The van der Waals surface area contributed by atoms with Gasteiger partial charge in [-0.3, -0.25) is 0 Å². The van der Waals surface area contributed by atoms with Gasteiger partial charge in [-0.05, 0) is 35.9 Å². The van der Waals surface area contributed by atoms with Gasteiger partial charge in [0.15, 0.2) is 0 Å². The summed E-state index contributed by atoms with van der Waals surface area (Å²) in [7, 11) is 0. The summed E-state index contributed by atoms with van der Waals surface area (Å²) in [6, 6.07) is 10.9. The Morgan fingerprint density at radius 2 is 1.47 bits per heavy atom. The molecule has 0 aliphatic carbocycles. The van der Waals surface area contributed by atoms with Crippen molar-refractivity contribution in [2.75, 3.05) is 0 Å². The van der Waals surface area contributed by atoms with Gasteiger partial charge in [-0.15, -0.1) is 0 Å². The number of rotatable bonds is 1. The molecule has 15 heavy (non-hydrogen) atoms. The molecule has 1 radical (unpaired) electrons. The Bertz CT molecular complexity index is 457. The fourth-order valence-electron chi connectivity index (χ4n) is 1.34. The maximum Gasteiger partial charge on any atom is 0.134 e. The molecule has 0 unspecified atom stereocenters. The van der Waals surface area contributed by atoms with Gasteiger partial charge in [-0.25, -0.2) is 8.78 Å². The van der Waals surface area contributed by atoms with E-state index in [0.717, 1.165) is 12.1 Å². The van der Waals surface area contributed by atoms with Crippen molar-refractivity contribution in [1.82, 2.24) is 0 Å². The normalized spacial score (nSPS) is 10.3. The molecule has 0 aliphatic heterocycles. The van der Waals surface area contributed by atoms with E-state index >= 15 is 0 Å². The lowest BCUT2D eigenvalue weighted by molar-refractivity contribution is 0.589. The second-order valence-electron chi connectivity index (χ2n) is 3.03. The third-order valence-corrected chi connectivity index (χ3v) is 2.28. The predicted octanol–water partition coefficient (Wildman–Crippen LogP) is 4.09. The standard InChI is InChI=1S/C12H6ClF2/c13-9-6-4-8(5-7-9)12-10(14)2-1-3-11(12)15/h2-7H. The molecule has 0 amide bonds. The Kier molecular flexibility index (Phi) is 2.69. The lowest BCUT2D eigenvalue weighted by Crippen LogP contribution is -1.89. The van der Waals surface area contributed by atoms with Crippen LogP contribution in [0.4, 0.5) is 8.78 Å². The lowest BCUT2D eigenvalue weighted by Gasteiger charge is -2.04. The molecule has 3 heteroatoms. The number of halogens is 3. The van der Waals surface area contributed by atoms with Gasteiger partial charge >= 0.3 is 0 Å². The third-order valence-electron chi connectivity index (χ3n) is 2.03. The van der Waals surface area contributed by atoms with E-state index in [9.17, 15) is 8.78 Å². The van der Waals surface area contributed by atoms with Gasteiger partial charge in [0.1, 0.15) is 11.6 Å². The van der Waals surface area contributed by atoms with Crippen molar-refractivity contribution in [3.05, 3.63) is 59.1 Å². The minimum Gasteiger partial charge on any atom is -0.206 e. The van der Waals surface area contributed by atoms with Crippen molar-refractivity contribution < 1.29 is 8.78 Å². The molecular formula is C12H6ClF2. The molecule has 0 nitrogen and oxygen atoms in total. The number of hydrogen-bond donors (Lipinski definition) is 0. The molecule has 75 valence electrons. The molecule has 0 fully saturated rings. The lowest BCUT2D eigenvalue weighted by atomic mass is 10.0. The highest BCUT2D eigenvalue weighted by molar-refractivity contribution is 6.30. The van der Waals surface area contributed by atoms with E-state index in [1.54, 1.807) is 24.3 Å². The molecule has 2 rings (SSSR count). The van der Waals surface area contributed by atoms with E-state index in [4.69, 9.17) is 11.6 Å². The Balaban J connectivity index is 2.58. The molecular weight excluding hydrogens is 218 g/mol. The highest BCUT2D eigenvalue weighted by Crippen LogP contribution is 2.26. The van der Waals surface area contributed by atoms with Gasteiger partial charge in [0.05, 0.1) is 5.56 Å². The zero-order chi connectivity index (χ0) is 10.8. The second kappa shape index (κ2) is 3.99. The number of benzene rings is 2. The Hall–Kier alpha value is -1.41. The van der Waals surface area contributed by atoms with E-state index < -0.39 is 11.6 Å². The van der Waals surface area contributed by atoms with E-state index in [2.05, 4.69) is 6.07 Å². The SMILES string of the molecule is Fc1c[c]cc(F)c1-c1ccc(Cl)cc1. The molecule has 0 atom stereocenters. The third kappa shape index (κ3) is 2.00. The van der Waals surface area contributed by atoms with E-state index in [1.807, 2.05) is 0 Å². The van der Waals surface area contributed by atoms with Crippen LogP contribution in [-0.2, 0) is 0 Å².